The molecule has 0 fully saturated rings. The monoisotopic (exact) mass is 362 g/mol. The lowest BCUT2D eigenvalue weighted by Gasteiger charge is -2.03. The smallest absolute Gasteiger partial charge is 0.183 e. The molecule has 1 nitrogen and oxygen atoms in total. The van der Waals surface area contributed by atoms with Gasteiger partial charge >= 0.3 is 0 Å². The minimum atomic E-state index is 0.179. The third-order valence-corrected chi connectivity index (χ3v) is 5.60. The predicted molar refractivity (Wildman–Crippen MR) is 91.0 cm³/mol. The fraction of sp³-hybridized carbons (Fsp3) is 0.0625. The van der Waals surface area contributed by atoms with Gasteiger partial charge in [0.15, 0.2) is 5.78 Å². The van der Waals surface area contributed by atoms with Crippen LogP contribution in [0, 0.1) is 0 Å². The number of hydrogen-bond acceptors (Lipinski definition) is 3. The van der Waals surface area contributed by atoms with E-state index in [1.54, 1.807) is 11.8 Å². The zero-order chi connectivity index (χ0) is 13.9. The maximum absolute atomic E-state index is 12.1. The van der Waals surface area contributed by atoms with E-state index in [4.69, 9.17) is 0 Å². The molecule has 0 N–H and O–H groups in total. The molecule has 100 valence electrons. The number of halogens is 1. The summed E-state index contributed by atoms with van der Waals surface area (Å²) >= 11 is 6.46. The number of benzene rings is 2. The minimum Gasteiger partial charge on any atom is -0.292 e. The number of thiophene rings is 1. The maximum atomic E-state index is 12.1. The Labute approximate surface area is 134 Å². The number of carbonyl (C=O) groups is 1. The lowest BCUT2D eigenvalue weighted by atomic mass is 10.1. The Morgan fingerprint density at radius 1 is 1.05 bits per heavy atom. The molecule has 2 aromatic carbocycles. The zero-order valence-corrected chi connectivity index (χ0v) is 13.7. The van der Waals surface area contributed by atoms with Gasteiger partial charge in [-0.05, 0) is 51.0 Å². The van der Waals surface area contributed by atoms with Crippen LogP contribution in [0.15, 0.2) is 63.3 Å². The first-order valence-electron chi connectivity index (χ1n) is 6.12. The second-order valence-corrected chi connectivity index (χ2v) is 7.84. The average Bonchev–Trinajstić information content (AvgIpc) is 2.91. The summed E-state index contributed by atoms with van der Waals surface area (Å²) in [6.07, 6.45) is 0. The number of ketones is 1. The predicted octanol–water partition coefficient (Wildman–Crippen LogP) is 5.64. The molecular weight excluding hydrogens is 352 g/mol. The molecular formula is C16H11BrOS2. The van der Waals surface area contributed by atoms with Gasteiger partial charge in [0.25, 0.3) is 0 Å². The summed E-state index contributed by atoms with van der Waals surface area (Å²) in [5.41, 5.74) is 0. The van der Waals surface area contributed by atoms with E-state index in [0.717, 1.165) is 13.6 Å². The Balaban J connectivity index is 1.72. The van der Waals surface area contributed by atoms with Crippen LogP contribution in [0.3, 0.4) is 0 Å². The van der Waals surface area contributed by atoms with Crippen LogP contribution >= 0.6 is 39.0 Å². The minimum absolute atomic E-state index is 0.179. The van der Waals surface area contributed by atoms with E-state index >= 15 is 0 Å². The molecule has 4 heteroatoms. The summed E-state index contributed by atoms with van der Waals surface area (Å²) in [7, 11) is 0. The third-order valence-electron chi connectivity index (χ3n) is 2.94. The van der Waals surface area contributed by atoms with Crippen molar-refractivity contribution in [2.45, 2.75) is 4.90 Å². The quantitative estimate of drug-likeness (QED) is 0.441. The highest BCUT2D eigenvalue weighted by molar-refractivity contribution is 9.11. The Morgan fingerprint density at radius 2 is 1.85 bits per heavy atom. The molecule has 1 aromatic heterocycles. The fourth-order valence-corrected chi connectivity index (χ4v) is 4.18. The normalized spacial score (nSPS) is 10.8. The van der Waals surface area contributed by atoms with Gasteiger partial charge in [0.05, 0.1) is 14.4 Å². The number of carbonyl (C=O) groups excluding carboxylic acids is 1. The molecule has 0 saturated carbocycles. The Bertz CT molecular complexity index is 764. The van der Waals surface area contributed by atoms with Crippen molar-refractivity contribution in [1.82, 2.24) is 0 Å². The van der Waals surface area contributed by atoms with Crippen LogP contribution in [0.2, 0.25) is 0 Å². The molecule has 0 aliphatic rings. The topological polar surface area (TPSA) is 17.1 Å². The summed E-state index contributed by atoms with van der Waals surface area (Å²) in [5.74, 6) is 0.657. The third kappa shape index (κ3) is 3.14. The summed E-state index contributed by atoms with van der Waals surface area (Å²) < 4.78 is 0.997. The molecule has 20 heavy (non-hydrogen) atoms. The second-order valence-electron chi connectivity index (χ2n) is 4.32. The first-order chi connectivity index (χ1) is 9.72. The van der Waals surface area contributed by atoms with Gasteiger partial charge in [-0.25, -0.2) is 0 Å². The van der Waals surface area contributed by atoms with Crippen LogP contribution in [0.1, 0.15) is 9.67 Å². The number of thioether (sulfide) groups is 1. The number of hydrogen-bond donors (Lipinski definition) is 0. The first kappa shape index (κ1) is 13.9. The van der Waals surface area contributed by atoms with E-state index in [0.29, 0.717) is 5.75 Å². The van der Waals surface area contributed by atoms with Crippen molar-refractivity contribution < 1.29 is 4.79 Å². The van der Waals surface area contributed by atoms with Gasteiger partial charge in [-0.3, -0.25) is 4.79 Å². The van der Waals surface area contributed by atoms with Crippen LogP contribution in [0.4, 0.5) is 0 Å². The first-order valence-corrected chi connectivity index (χ1v) is 8.72. The van der Waals surface area contributed by atoms with E-state index in [2.05, 4.69) is 46.3 Å². The van der Waals surface area contributed by atoms with E-state index in [-0.39, 0.29) is 5.78 Å². The van der Waals surface area contributed by atoms with Crippen LogP contribution in [-0.4, -0.2) is 11.5 Å². The van der Waals surface area contributed by atoms with Gasteiger partial charge < -0.3 is 0 Å². The van der Waals surface area contributed by atoms with Crippen molar-refractivity contribution >= 4 is 55.6 Å². The van der Waals surface area contributed by atoms with Crippen molar-refractivity contribution in [3.63, 3.8) is 0 Å². The maximum Gasteiger partial charge on any atom is 0.183 e. The highest BCUT2D eigenvalue weighted by atomic mass is 79.9. The molecule has 3 aromatic rings. The largest absolute Gasteiger partial charge is 0.292 e. The van der Waals surface area contributed by atoms with Gasteiger partial charge in [0.2, 0.25) is 0 Å². The molecule has 0 aliphatic heterocycles. The average molecular weight is 363 g/mol. The Kier molecular flexibility index (Phi) is 4.24. The van der Waals surface area contributed by atoms with Crippen molar-refractivity contribution in [3.8, 4) is 0 Å². The number of rotatable bonds is 4. The van der Waals surface area contributed by atoms with Crippen LogP contribution < -0.4 is 0 Å². The van der Waals surface area contributed by atoms with Gasteiger partial charge in [-0.15, -0.1) is 23.1 Å². The van der Waals surface area contributed by atoms with Crippen molar-refractivity contribution in [3.05, 3.63) is 63.3 Å². The molecule has 0 atom stereocenters. The second kappa shape index (κ2) is 6.12. The molecule has 1 heterocycles. The molecule has 0 unspecified atom stereocenters. The zero-order valence-electron chi connectivity index (χ0n) is 10.5. The summed E-state index contributed by atoms with van der Waals surface area (Å²) in [6.45, 7) is 0. The van der Waals surface area contributed by atoms with Gasteiger partial charge in [0, 0.05) is 4.90 Å². The Hall–Kier alpha value is -1.10. The van der Waals surface area contributed by atoms with E-state index in [1.807, 2.05) is 24.3 Å². The molecule has 0 radical (unpaired) electrons. The molecule has 0 spiro atoms. The van der Waals surface area contributed by atoms with E-state index < -0.39 is 0 Å². The summed E-state index contributed by atoms with van der Waals surface area (Å²) in [4.78, 5) is 14.0. The highest BCUT2D eigenvalue weighted by Gasteiger charge is 2.09. The van der Waals surface area contributed by atoms with Crippen molar-refractivity contribution in [1.29, 1.82) is 0 Å². The number of Topliss-reactive ketones (excluding diaryl/α,β-unsaturated/α-hetero) is 1. The molecule has 0 bridgehead atoms. The fourth-order valence-electron chi connectivity index (χ4n) is 1.94. The standard InChI is InChI=1S/C16H11BrOS2/c17-16-8-7-15(20-16)14(18)10-19-13-6-5-11-3-1-2-4-12(11)9-13/h1-9H,10H2. The number of fused-ring (bicyclic) bond motifs is 1. The summed E-state index contributed by atoms with van der Waals surface area (Å²) in [6, 6.07) is 18.4. The van der Waals surface area contributed by atoms with Gasteiger partial charge in [0.1, 0.15) is 0 Å². The lowest BCUT2D eigenvalue weighted by Crippen LogP contribution is -1.98. The molecule has 3 rings (SSSR count). The molecule has 0 saturated heterocycles. The summed E-state index contributed by atoms with van der Waals surface area (Å²) in [5, 5.41) is 2.44. The molecule has 0 amide bonds. The Morgan fingerprint density at radius 3 is 2.60 bits per heavy atom. The van der Waals surface area contributed by atoms with E-state index in [9.17, 15) is 4.79 Å². The SMILES string of the molecule is O=C(CSc1ccc2ccccc2c1)c1ccc(Br)s1. The highest BCUT2D eigenvalue weighted by Crippen LogP contribution is 2.27. The van der Waals surface area contributed by atoms with Crippen LogP contribution in [-0.2, 0) is 0 Å². The lowest BCUT2D eigenvalue weighted by molar-refractivity contribution is 0.102. The van der Waals surface area contributed by atoms with Gasteiger partial charge in [-0.2, -0.15) is 0 Å². The van der Waals surface area contributed by atoms with E-state index in [1.165, 1.54) is 22.1 Å². The van der Waals surface area contributed by atoms with Crippen molar-refractivity contribution in [2.24, 2.45) is 0 Å². The molecule has 0 aliphatic carbocycles. The van der Waals surface area contributed by atoms with Crippen LogP contribution in [0.5, 0.6) is 0 Å². The van der Waals surface area contributed by atoms with Crippen molar-refractivity contribution in [2.75, 3.05) is 5.75 Å². The van der Waals surface area contributed by atoms with Crippen LogP contribution in [0.25, 0.3) is 10.8 Å². The van der Waals surface area contributed by atoms with Gasteiger partial charge in [-0.1, -0.05) is 30.3 Å².